The minimum Gasteiger partial charge on any atom is -0.228 e. The second-order valence-electron chi connectivity index (χ2n) is 20.0. The fourth-order valence-electron chi connectivity index (χ4n) is 12.6. The van der Waals surface area contributed by atoms with Gasteiger partial charge in [-0.15, -0.1) is 0 Å². The molecule has 4 aliphatic carbocycles. The lowest BCUT2D eigenvalue weighted by Crippen LogP contribution is -2.51. The standard InChI is InChI=1S/C68H52N2/c1-67(2)58-29-15-17-31-60(58)68(61-32-18-16-30-59(61)67)57-39-38-51(47-34-36-48(37-35-47)54-41-52(45-20-7-3-8-21-45)40-53(42-54)46-22-9-4-10-23-46)43-56(57)65-55(28-19-33-62(65)68)66-69-63(49-24-11-5-12-25-49)44-64(70-66)50-26-13-6-14-27-50/h3-39,41-44,52,58,60H,40H2,1-2H3. The van der Waals surface area contributed by atoms with E-state index in [0.717, 1.165) is 40.3 Å². The van der Waals surface area contributed by atoms with Crippen molar-refractivity contribution in [2.75, 3.05) is 0 Å². The Morgan fingerprint density at radius 2 is 0.986 bits per heavy atom. The topological polar surface area (TPSA) is 25.8 Å². The van der Waals surface area contributed by atoms with Crippen LogP contribution < -0.4 is 0 Å². The smallest absolute Gasteiger partial charge is 0.161 e. The second-order valence-corrected chi connectivity index (χ2v) is 20.0. The van der Waals surface area contributed by atoms with E-state index >= 15 is 0 Å². The van der Waals surface area contributed by atoms with E-state index in [0.29, 0.717) is 5.92 Å². The van der Waals surface area contributed by atoms with Gasteiger partial charge in [0.1, 0.15) is 0 Å². The monoisotopic (exact) mass is 896 g/mol. The molecule has 0 bridgehead atoms. The van der Waals surface area contributed by atoms with Crippen LogP contribution in [0.5, 0.6) is 0 Å². The van der Waals surface area contributed by atoms with E-state index in [1.807, 2.05) is 0 Å². The molecule has 1 heterocycles. The van der Waals surface area contributed by atoms with E-state index in [1.165, 1.54) is 72.3 Å². The van der Waals surface area contributed by atoms with Crippen molar-refractivity contribution in [1.29, 1.82) is 0 Å². The maximum absolute atomic E-state index is 5.47. The molecule has 13 rings (SSSR count). The maximum atomic E-state index is 5.47. The third kappa shape index (κ3) is 6.77. The summed E-state index contributed by atoms with van der Waals surface area (Å²) in [6.07, 6.45) is 15.4. The lowest BCUT2D eigenvalue weighted by molar-refractivity contribution is 0.219. The number of rotatable bonds is 7. The zero-order valence-electron chi connectivity index (χ0n) is 39.5. The molecule has 0 amide bonds. The molecule has 2 nitrogen and oxygen atoms in total. The van der Waals surface area contributed by atoms with E-state index < -0.39 is 5.41 Å². The van der Waals surface area contributed by atoms with Gasteiger partial charge in [-0.2, -0.15) is 0 Å². The quantitative estimate of drug-likeness (QED) is 0.159. The Hall–Kier alpha value is -8.20. The van der Waals surface area contributed by atoms with E-state index in [2.05, 4.69) is 263 Å². The summed E-state index contributed by atoms with van der Waals surface area (Å²) >= 11 is 0. The van der Waals surface area contributed by atoms with Crippen LogP contribution >= 0.6 is 0 Å². The van der Waals surface area contributed by atoms with Gasteiger partial charge in [-0.1, -0.05) is 250 Å². The number of fused-ring (bicyclic) bond motifs is 9. The molecular formula is C68H52N2. The number of hydrogen-bond donors (Lipinski definition) is 0. The van der Waals surface area contributed by atoms with Gasteiger partial charge < -0.3 is 0 Å². The van der Waals surface area contributed by atoms with E-state index in [4.69, 9.17) is 9.97 Å². The highest BCUT2D eigenvalue weighted by Crippen LogP contribution is 2.66. The van der Waals surface area contributed by atoms with Crippen LogP contribution in [0.1, 0.15) is 65.1 Å². The van der Waals surface area contributed by atoms with Crippen LogP contribution in [-0.4, -0.2) is 9.97 Å². The number of allylic oxidation sites excluding steroid dienone is 8. The van der Waals surface area contributed by atoms with Crippen molar-refractivity contribution < 1.29 is 0 Å². The van der Waals surface area contributed by atoms with Gasteiger partial charge in [0.2, 0.25) is 0 Å². The van der Waals surface area contributed by atoms with E-state index in [9.17, 15) is 0 Å². The van der Waals surface area contributed by atoms with Gasteiger partial charge in [0.05, 0.1) is 16.8 Å². The molecule has 0 saturated heterocycles. The highest BCUT2D eigenvalue weighted by molar-refractivity contribution is 5.96. The molecule has 0 saturated carbocycles. The molecule has 0 aliphatic heterocycles. The summed E-state index contributed by atoms with van der Waals surface area (Å²) in [5.74, 6) is 1.47. The van der Waals surface area contributed by atoms with Gasteiger partial charge in [-0.05, 0) is 102 Å². The van der Waals surface area contributed by atoms with Gasteiger partial charge in [0.25, 0.3) is 0 Å². The first-order valence-corrected chi connectivity index (χ1v) is 24.8. The molecule has 70 heavy (non-hydrogen) atoms. The molecule has 2 heteroatoms. The van der Waals surface area contributed by atoms with Gasteiger partial charge in [-0.3, -0.25) is 0 Å². The van der Waals surface area contributed by atoms with Gasteiger partial charge in [0, 0.05) is 28.5 Å². The fraction of sp³-hybridized carbons (Fsp3) is 0.118. The predicted octanol–water partition coefficient (Wildman–Crippen LogP) is 16.8. The van der Waals surface area contributed by atoms with Crippen LogP contribution in [0.3, 0.4) is 0 Å². The molecule has 1 spiro atoms. The molecular weight excluding hydrogens is 845 g/mol. The average Bonchev–Trinajstić information content (AvgIpc) is 3.73. The summed E-state index contributed by atoms with van der Waals surface area (Å²) in [4.78, 5) is 10.9. The van der Waals surface area contributed by atoms with Crippen molar-refractivity contribution in [3.05, 3.63) is 288 Å². The lowest BCUT2D eigenvalue weighted by Gasteiger charge is -2.54. The van der Waals surface area contributed by atoms with Crippen molar-refractivity contribution in [1.82, 2.24) is 9.97 Å². The number of hydrogen-bond acceptors (Lipinski definition) is 2. The number of benzene rings is 8. The van der Waals surface area contributed by atoms with Crippen LogP contribution in [0.15, 0.2) is 249 Å². The number of nitrogens with zero attached hydrogens (tertiary/aromatic N) is 2. The molecule has 1 aromatic heterocycles. The van der Waals surface area contributed by atoms with Crippen molar-refractivity contribution in [2.24, 2.45) is 11.8 Å². The Morgan fingerprint density at radius 1 is 0.429 bits per heavy atom. The van der Waals surface area contributed by atoms with Crippen molar-refractivity contribution in [2.45, 2.75) is 37.0 Å². The predicted molar refractivity (Wildman–Crippen MR) is 290 cm³/mol. The van der Waals surface area contributed by atoms with Gasteiger partial charge >= 0.3 is 0 Å². The molecule has 4 atom stereocenters. The highest BCUT2D eigenvalue weighted by Gasteiger charge is 2.59. The molecule has 0 radical (unpaired) electrons. The van der Waals surface area contributed by atoms with E-state index in [-0.39, 0.29) is 17.3 Å². The molecule has 8 aromatic carbocycles. The molecule has 4 aliphatic rings. The molecule has 334 valence electrons. The summed E-state index contributed by atoms with van der Waals surface area (Å²) in [5, 5.41) is 0. The largest absolute Gasteiger partial charge is 0.228 e. The molecule has 4 unspecified atom stereocenters. The van der Waals surface area contributed by atoms with Crippen LogP contribution in [-0.2, 0) is 10.8 Å². The minimum absolute atomic E-state index is 0.0837. The van der Waals surface area contributed by atoms with Gasteiger partial charge in [0.15, 0.2) is 5.82 Å². The Labute approximate surface area is 411 Å². The lowest BCUT2D eigenvalue weighted by atomic mass is 9.48. The van der Waals surface area contributed by atoms with Crippen LogP contribution in [0.25, 0.3) is 67.3 Å². The number of aromatic nitrogens is 2. The van der Waals surface area contributed by atoms with Crippen LogP contribution in [0.4, 0.5) is 0 Å². The fourth-order valence-corrected chi connectivity index (χ4v) is 12.6. The maximum Gasteiger partial charge on any atom is 0.161 e. The summed E-state index contributed by atoms with van der Waals surface area (Å²) in [5.41, 5.74) is 21.2. The summed E-state index contributed by atoms with van der Waals surface area (Å²) in [7, 11) is 0. The Balaban J connectivity index is 1.00. The van der Waals surface area contributed by atoms with E-state index in [1.54, 1.807) is 0 Å². The summed E-state index contributed by atoms with van der Waals surface area (Å²) in [6.45, 7) is 4.88. The SMILES string of the molecule is CC1(C)c2ccccc2C2(c3ccc(-c4ccc(C5=CC(c6ccccc6)CC(c6ccccc6)=C5)cc4)cc3-c3c(-c4nc(-c5ccccc5)cc(-c5ccccc5)n4)cccc32)C2C=CC=CC21. The Kier molecular flexibility index (Phi) is 10.1. The summed E-state index contributed by atoms with van der Waals surface area (Å²) < 4.78 is 0. The third-order valence-electron chi connectivity index (χ3n) is 15.9. The zero-order chi connectivity index (χ0) is 46.8. The highest BCUT2D eigenvalue weighted by atomic mass is 14.9. The minimum atomic E-state index is -0.452. The third-order valence-corrected chi connectivity index (χ3v) is 15.9. The zero-order valence-corrected chi connectivity index (χ0v) is 39.5. The van der Waals surface area contributed by atoms with Crippen LogP contribution in [0.2, 0.25) is 0 Å². The van der Waals surface area contributed by atoms with Gasteiger partial charge in [-0.25, -0.2) is 9.97 Å². The van der Waals surface area contributed by atoms with Crippen molar-refractivity contribution in [3.8, 4) is 56.2 Å². The van der Waals surface area contributed by atoms with Crippen LogP contribution in [0, 0.1) is 11.8 Å². The molecule has 0 fully saturated rings. The first-order chi connectivity index (χ1) is 34.4. The Morgan fingerprint density at radius 3 is 1.66 bits per heavy atom. The molecule has 0 N–H and O–H groups in total. The van der Waals surface area contributed by atoms with Crippen molar-refractivity contribution in [3.63, 3.8) is 0 Å². The Bertz CT molecular complexity index is 3520. The first-order valence-electron chi connectivity index (χ1n) is 24.8. The van der Waals surface area contributed by atoms with Crippen molar-refractivity contribution >= 4 is 11.1 Å². The summed E-state index contributed by atoms with van der Waals surface area (Å²) in [6, 6.07) is 77.8. The second kappa shape index (κ2) is 16.8. The average molecular weight is 897 g/mol. The first kappa shape index (κ1) is 41.9. The molecule has 9 aromatic rings. The normalized spacial score (nSPS) is 20.2.